The molecule has 0 spiro atoms. The quantitative estimate of drug-likeness (QED) is 0.217. The van der Waals surface area contributed by atoms with Gasteiger partial charge in [0.25, 0.3) is 0 Å². The number of hydrogen-bond donors (Lipinski definition) is 0. The van der Waals surface area contributed by atoms with Crippen LogP contribution in [0.15, 0.2) is 168 Å². The van der Waals surface area contributed by atoms with Crippen molar-refractivity contribution in [2.45, 2.75) is 0 Å². The van der Waals surface area contributed by atoms with Gasteiger partial charge in [0.05, 0.1) is 0 Å². The van der Waals surface area contributed by atoms with Gasteiger partial charge >= 0.3 is 0 Å². The van der Waals surface area contributed by atoms with E-state index in [9.17, 15) is 0 Å². The Bertz CT molecular complexity index is 2190. The Labute approximate surface area is 244 Å². The summed E-state index contributed by atoms with van der Waals surface area (Å²) in [5, 5.41) is 4.68. The predicted octanol–water partition coefficient (Wildman–Crippen LogP) is 11.5. The zero-order chi connectivity index (χ0) is 27.9. The first-order chi connectivity index (χ1) is 20.8. The summed E-state index contributed by atoms with van der Waals surface area (Å²) in [6.45, 7) is 0. The fourth-order valence-electron chi connectivity index (χ4n) is 5.93. The van der Waals surface area contributed by atoms with Crippen LogP contribution in [-0.2, 0) is 0 Å². The van der Waals surface area contributed by atoms with Crippen molar-refractivity contribution in [3.63, 3.8) is 0 Å². The van der Waals surface area contributed by atoms with E-state index in [1.165, 1.54) is 33.0 Å². The van der Waals surface area contributed by atoms with Gasteiger partial charge in [-0.25, -0.2) is 0 Å². The SMILES string of the molecule is c1ccc(-c2cccc(-c3ccc(N(c4ccc5ccccc5c4)c4ccc5oc6ccccc6c5c4)cc3)c2)cc1. The van der Waals surface area contributed by atoms with E-state index in [4.69, 9.17) is 4.42 Å². The third-order valence-electron chi connectivity index (χ3n) is 8.04. The van der Waals surface area contributed by atoms with E-state index < -0.39 is 0 Å². The number of fused-ring (bicyclic) bond motifs is 4. The van der Waals surface area contributed by atoms with E-state index in [0.717, 1.165) is 39.0 Å². The van der Waals surface area contributed by atoms with E-state index in [2.05, 4.69) is 157 Å². The molecule has 8 aromatic rings. The number of rotatable bonds is 5. The van der Waals surface area contributed by atoms with E-state index in [1.54, 1.807) is 0 Å². The summed E-state index contributed by atoms with van der Waals surface area (Å²) in [4.78, 5) is 2.33. The molecule has 7 aromatic carbocycles. The van der Waals surface area contributed by atoms with Crippen LogP contribution in [0.2, 0.25) is 0 Å². The van der Waals surface area contributed by atoms with Crippen molar-refractivity contribution >= 4 is 49.8 Å². The van der Waals surface area contributed by atoms with E-state index in [-0.39, 0.29) is 0 Å². The zero-order valence-electron chi connectivity index (χ0n) is 22.9. The molecule has 0 saturated carbocycles. The highest BCUT2D eigenvalue weighted by atomic mass is 16.3. The van der Waals surface area contributed by atoms with Gasteiger partial charge in [0.15, 0.2) is 0 Å². The highest BCUT2D eigenvalue weighted by Gasteiger charge is 2.16. The van der Waals surface area contributed by atoms with Crippen molar-refractivity contribution in [2.75, 3.05) is 4.90 Å². The van der Waals surface area contributed by atoms with Crippen molar-refractivity contribution in [2.24, 2.45) is 0 Å². The van der Waals surface area contributed by atoms with Crippen LogP contribution in [0.5, 0.6) is 0 Å². The van der Waals surface area contributed by atoms with Crippen molar-refractivity contribution in [1.82, 2.24) is 0 Å². The lowest BCUT2D eigenvalue weighted by Gasteiger charge is -2.26. The molecule has 0 saturated heterocycles. The minimum atomic E-state index is 0.895. The predicted molar refractivity (Wildman–Crippen MR) is 177 cm³/mol. The highest BCUT2D eigenvalue weighted by Crippen LogP contribution is 2.40. The van der Waals surface area contributed by atoms with Crippen LogP contribution in [-0.4, -0.2) is 0 Å². The maximum Gasteiger partial charge on any atom is 0.135 e. The molecule has 198 valence electrons. The molecule has 0 amide bonds. The van der Waals surface area contributed by atoms with E-state index in [1.807, 2.05) is 12.1 Å². The Kier molecular flexibility index (Phi) is 5.82. The van der Waals surface area contributed by atoms with Crippen LogP contribution >= 0.6 is 0 Å². The molecule has 2 nitrogen and oxygen atoms in total. The lowest BCUT2D eigenvalue weighted by Crippen LogP contribution is -2.09. The molecule has 0 aliphatic rings. The van der Waals surface area contributed by atoms with Crippen LogP contribution in [0.3, 0.4) is 0 Å². The monoisotopic (exact) mass is 537 g/mol. The second-order valence-corrected chi connectivity index (χ2v) is 10.6. The largest absolute Gasteiger partial charge is 0.456 e. The maximum absolute atomic E-state index is 6.14. The molecule has 42 heavy (non-hydrogen) atoms. The van der Waals surface area contributed by atoms with Gasteiger partial charge in [-0.15, -0.1) is 0 Å². The molecule has 8 rings (SSSR count). The first-order valence-electron chi connectivity index (χ1n) is 14.3. The minimum absolute atomic E-state index is 0.895. The van der Waals surface area contributed by atoms with Crippen molar-refractivity contribution in [1.29, 1.82) is 0 Å². The average molecular weight is 538 g/mol. The number of para-hydroxylation sites is 1. The Balaban J connectivity index is 1.24. The molecule has 0 bridgehead atoms. The molecule has 0 atom stereocenters. The van der Waals surface area contributed by atoms with Crippen molar-refractivity contribution < 1.29 is 4.42 Å². The summed E-state index contributed by atoms with van der Waals surface area (Å²) in [7, 11) is 0. The van der Waals surface area contributed by atoms with Crippen molar-refractivity contribution in [3.8, 4) is 22.3 Å². The second kappa shape index (κ2) is 10.1. The number of anilines is 3. The molecule has 0 aliphatic heterocycles. The molecule has 0 N–H and O–H groups in total. The Hall–Kier alpha value is -5.60. The number of hydrogen-bond acceptors (Lipinski definition) is 2. The van der Waals surface area contributed by atoms with Gasteiger partial charge < -0.3 is 9.32 Å². The topological polar surface area (TPSA) is 16.4 Å². The zero-order valence-corrected chi connectivity index (χ0v) is 22.9. The average Bonchev–Trinajstić information content (AvgIpc) is 3.44. The number of furan rings is 1. The fourth-order valence-corrected chi connectivity index (χ4v) is 5.93. The number of benzene rings is 7. The number of nitrogens with zero attached hydrogens (tertiary/aromatic N) is 1. The molecule has 0 radical (unpaired) electrons. The highest BCUT2D eigenvalue weighted by molar-refractivity contribution is 6.06. The molecule has 0 fully saturated rings. The Morgan fingerprint density at radius 1 is 0.333 bits per heavy atom. The van der Waals surface area contributed by atoms with Crippen LogP contribution < -0.4 is 4.90 Å². The summed E-state index contributed by atoms with van der Waals surface area (Å²) in [5.41, 5.74) is 9.92. The Morgan fingerprint density at radius 2 is 0.929 bits per heavy atom. The Morgan fingerprint density at radius 3 is 1.76 bits per heavy atom. The molecule has 0 unspecified atom stereocenters. The summed E-state index contributed by atoms with van der Waals surface area (Å²) in [6.07, 6.45) is 0. The molecule has 2 heteroatoms. The van der Waals surface area contributed by atoms with Crippen LogP contribution in [0.25, 0.3) is 55.0 Å². The van der Waals surface area contributed by atoms with Gasteiger partial charge in [0.2, 0.25) is 0 Å². The van der Waals surface area contributed by atoms with Crippen LogP contribution in [0, 0.1) is 0 Å². The smallest absolute Gasteiger partial charge is 0.135 e. The van der Waals surface area contributed by atoms with E-state index >= 15 is 0 Å². The lowest BCUT2D eigenvalue weighted by atomic mass is 9.99. The van der Waals surface area contributed by atoms with Gasteiger partial charge in [0, 0.05) is 27.8 Å². The van der Waals surface area contributed by atoms with Gasteiger partial charge in [-0.2, -0.15) is 0 Å². The van der Waals surface area contributed by atoms with Gasteiger partial charge in [0.1, 0.15) is 11.2 Å². The fraction of sp³-hybridized carbons (Fsp3) is 0. The normalized spacial score (nSPS) is 11.3. The maximum atomic E-state index is 6.14. The standard InChI is InChI=1S/C40H27NO/c1-2-9-28(10-3-1)31-13-8-14-32(25-31)30-17-20-34(21-18-30)41(35-22-19-29-11-4-5-12-33(29)26-35)36-23-24-40-38(27-36)37-15-6-7-16-39(37)42-40/h1-27H. The third-order valence-corrected chi connectivity index (χ3v) is 8.04. The minimum Gasteiger partial charge on any atom is -0.456 e. The first-order valence-corrected chi connectivity index (χ1v) is 14.3. The summed E-state index contributed by atoms with van der Waals surface area (Å²) in [6, 6.07) is 58.1. The molecular weight excluding hydrogens is 510 g/mol. The molecular formula is C40H27NO. The summed E-state index contributed by atoms with van der Waals surface area (Å²) in [5.74, 6) is 0. The molecule has 1 heterocycles. The third kappa shape index (κ3) is 4.31. The summed E-state index contributed by atoms with van der Waals surface area (Å²) >= 11 is 0. The van der Waals surface area contributed by atoms with E-state index in [0.29, 0.717) is 0 Å². The first kappa shape index (κ1) is 24.2. The van der Waals surface area contributed by atoms with Crippen LogP contribution in [0.4, 0.5) is 17.1 Å². The second-order valence-electron chi connectivity index (χ2n) is 10.6. The molecule has 0 aliphatic carbocycles. The van der Waals surface area contributed by atoms with Gasteiger partial charge in [-0.05, 0) is 87.6 Å². The lowest BCUT2D eigenvalue weighted by molar-refractivity contribution is 0.669. The van der Waals surface area contributed by atoms with Crippen LogP contribution in [0.1, 0.15) is 0 Å². The van der Waals surface area contributed by atoms with Gasteiger partial charge in [-0.1, -0.05) is 109 Å². The molecule has 1 aromatic heterocycles. The van der Waals surface area contributed by atoms with Gasteiger partial charge in [-0.3, -0.25) is 0 Å². The van der Waals surface area contributed by atoms with Crippen molar-refractivity contribution in [3.05, 3.63) is 164 Å². The summed E-state index contributed by atoms with van der Waals surface area (Å²) < 4.78 is 6.14.